The molecule has 14 heavy (non-hydrogen) atoms. The van der Waals surface area contributed by atoms with E-state index >= 15 is 0 Å². The van der Waals surface area contributed by atoms with E-state index in [1.807, 2.05) is 0 Å². The van der Waals surface area contributed by atoms with Crippen molar-refractivity contribution < 1.29 is 4.74 Å². The molecular weight excluding hydrogens is 196 g/mol. The molecule has 1 fully saturated rings. The summed E-state index contributed by atoms with van der Waals surface area (Å²) in [6.07, 6.45) is 1.01. The van der Waals surface area contributed by atoms with Crippen molar-refractivity contribution in [2.45, 2.75) is 18.8 Å². The number of aryl methyl sites for hydroxylation is 1. The number of halogens is 1. The van der Waals surface area contributed by atoms with Crippen LogP contribution in [0.4, 0.5) is 0 Å². The molecule has 0 aliphatic carbocycles. The van der Waals surface area contributed by atoms with Gasteiger partial charge in [0.15, 0.2) is 0 Å². The number of alkyl halides is 1. The fourth-order valence-corrected chi connectivity index (χ4v) is 2.25. The number of hydrogen-bond acceptors (Lipinski definition) is 1. The van der Waals surface area contributed by atoms with E-state index in [0.717, 1.165) is 19.6 Å². The van der Waals surface area contributed by atoms with Crippen LogP contribution in [-0.4, -0.2) is 19.1 Å². The number of benzene rings is 1. The summed E-state index contributed by atoms with van der Waals surface area (Å²) in [6.45, 7) is 3.75. The highest BCUT2D eigenvalue weighted by molar-refractivity contribution is 6.17. The van der Waals surface area contributed by atoms with Gasteiger partial charge >= 0.3 is 0 Å². The smallest absolute Gasteiger partial charge is 0.0586 e. The molecule has 0 bridgehead atoms. The fraction of sp³-hybridized carbons (Fsp3) is 0.500. The molecule has 0 aromatic heterocycles. The highest BCUT2D eigenvalue weighted by atomic mass is 35.5. The molecule has 0 saturated carbocycles. The molecule has 0 spiro atoms. The van der Waals surface area contributed by atoms with Crippen molar-refractivity contribution in [1.82, 2.24) is 0 Å². The fourth-order valence-electron chi connectivity index (χ4n) is 1.89. The van der Waals surface area contributed by atoms with Crippen LogP contribution < -0.4 is 0 Å². The first-order valence-electron chi connectivity index (χ1n) is 4.98. The SMILES string of the molecule is Cc1ccc(C2(CCCl)COC2)cc1. The molecule has 0 unspecified atom stereocenters. The molecule has 0 radical (unpaired) electrons. The van der Waals surface area contributed by atoms with Gasteiger partial charge in [0.05, 0.1) is 13.2 Å². The van der Waals surface area contributed by atoms with Crippen LogP contribution >= 0.6 is 11.6 Å². The monoisotopic (exact) mass is 210 g/mol. The summed E-state index contributed by atoms with van der Waals surface area (Å²) in [5.74, 6) is 0.706. The van der Waals surface area contributed by atoms with Crippen molar-refractivity contribution in [3.8, 4) is 0 Å². The van der Waals surface area contributed by atoms with Gasteiger partial charge in [-0.25, -0.2) is 0 Å². The molecule has 1 aliphatic rings. The van der Waals surface area contributed by atoms with Crippen LogP contribution in [0, 0.1) is 6.92 Å². The summed E-state index contributed by atoms with van der Waals surface area (Å²) in [5.41, 5.74) is 2.88. The molecule has 1 nitrogen and oxygen atoms in total. The number of rotatable bonds is 3. The normalized spacial score (nSPS) is 19.0. The molecule has 0 N–H and O–H groups in total. The third-order valence-corrected chi connectivity index (χ3v) is 3.18. The molecule has 1 aromatic rings. The molecule has 1 aliphatic heterocycles. The van der Waals surface area contributed by atoms with Crippen molar-refractivity contribution in [3.63, 3.8) is 0 Å². The van der Waals surface area contributed by atoms with Crippen molar-refractivity contribution in [3.05, 3.63) is 35.4 Å². The van der Waals surface area contributed by atoms with E-state index in [2.05, 4.69) is 31.2 Å². The van der Waals surface area contributed by atoms with Crippen LogP contribution in [-0.2, 0) is 10.2 Å². The highest BCUT2D eigenvalue weighted by Crippen LogP contribution is 2.36. The standard InChI is InChI=1S/C12H15ClO/c1-10-2-4-11(5-3-10)12(6-7-13)8-14-9-12/h2-5H,6-9H2,1H3. The first-order valence-corrected chi connectivity index (χ1v) is 5.51. The topological polar surface area (TPSA) is 9.23 Å². The minimum absolute atomic E-state index is 0.204. The Morgan fingerprint density at radius 1 is 1.29 bits per heavy atom. The largest absolute Gasteiger partial charge is 0.379 e. The minimum Gasteiger partial charge on any atom is -0.379 e. The highest BCUT2D eigenvalue weighted by Gasteiger charge is 2.39. The molecule has 2 heteroatoms. The van der Waals surface area contributed by atoms with Gasteiger partial charge in [-0.15, -0.1) is 11.6 Å². The zero-order valence-corrected chi connectivity index (χ0v) is 9.18. The predicted octanol–water partition coefficient (Wildman–Crippen LogP) is 2.89. The Bertz CT molecular complexity index is 301. The van der Waals surface area contributed by atoms with Gasteiger partial charge in [-0.3, -0.25) is 0 Å². The van der Waals surface area contributed by atoms with E-state index in [4.69, 9.17) is 16.3 Å². The predicted molar refractivity (Wildman–Crippen MR) is 59.0 cm³/mol. The zero-order valence-electron chi connectivity index (χ0n) is 8.42. The van der Waals surface area contributed by atoms with E-state index < -0.39 is 0 Å². The molecule has 76 valence electrons. The van der Waals surface area contributed by atoms with Gasteiger partial charge in [0.25, 0.3) is 0 Å². The molecule has 1 heterocycles. The van der Waals surface area contributed by atoms with Gasteiger partial charge < -0.3 is 4.74 Å². The Morgan fingerprint density at radius 2 is 1.93 bits per heavy atom. The summed E-state index contributed by atoms with van der Waals surface area (Å²) in [4.78, 5) is 0. The average Bonchev–Trinajstić information content (AvgIpc) is 2.13. The van der Waals surface area contributed by atoms with Gasteiger partial charge in [0, 0.05) is 11.3 Å². The maximum absolute atomic E-state index is 5.82. The van der Waals surface area contributed by atoms with Crippen LogP contribution in [0.2, 0.25) is 0 Å². The number of hydrogen-bond donors (Lipinski definition) is 0. The second kappa shape index (κ2) is 3.92. The lowest BCUT2D eigenvalue weighted by Gasteiger charge is -2.41. The van der Waals surface area contributed by atoms with Crippen LogP contribution in [0.25, 0.3) is 0 Å². The second-order valence-corrected chi connectivity index (χ2v) is 4.46. The summed E-state index contributed by atoms with van der Waals surface area (Å²) in [5, 5.41) is 0. The molecule has 1 saturated heterocycles. The van der Waals surface area contributed by atoms with Crippen molar-refractivity contribution >= 4 is 11.6 Å². The van der Waals surface area contributed by atoms with Gasteiger partial charge in [0.2, 0.25) is 0 Å². The Labute approximate surface area is 90.0 Å². The van der Waals surface area contributed by atoms with Gasteiger partial charge in [-0.2, -0.15) is 0 Å². The summed E-state index contributed by atoms with van der Waals surface area (Å²) >= 11 is 5.82. The van der Waals surface area contributed by atoms with Crippen molar-refractivity contribution in [2.24, 2.45) is 0 Å². The van der Waals surface area contributed by atoms with E-state index in [-0.39, 0.29) is 5.41 Å². The summed E-state index contributed by atoms with van der Waals surface area (Å²) < 4.78 is 5.32. The zero-order chi connectivity index (χ0) is 10.0. The van der Waals surface area contributed by atoms with Crippen LogP contribution in [0.5, 0.6) is 0 Å². The molecule has 0 atom stereocenters. The Kier molecular flexibility index (Phi) is 2.80. The Balaban J connectivity index is 2.23. The minimum atomic E-state index is 0.204. The maximum atomic E-state index is 5.82. The molecule has 1 aromatic carbocycles. The molecule has 2 rings (SSSR count). The van der Waals surface area contributed by atoms with E-state index in [1.165, 1.54) is 11.1 Å². The van der Waals surface area contributed by atoms with Crippen LogP contribution in [0.3, 0.4) is 0 Å². The second-order valence-electron chi connectivity index (χ2n) is 4.08. The van der Waals surface area contributed by atoms with Crippen molar-refractivity contribution in [1.29, 1.82) is 0 Å². The van der Waals surface area contributed by atoms with Gasteiger partial charge in [-0.1, -0.05) is 29.8 Å². The first-order chi connectivity index (χ1) is 6.77. The third-order valence-electron chi connectivity index (χ3n) is 2.99. The third kappa shape index (κ3) is 1.67. The van der Waals surface area contributed by atoms with Crippen molar-refractivity contribution in [2.75, 3.05) is 19.1 Å². The van der Waals surface area contributed by atoms with E-state index in [0.29, 0.717) is 5.88 Å². The van der Waals surface area contributed by atoms with E-state index in [1.54, 1.807) is 0 Å². The molecule has 0 amide bonds. The maximum Gasteiger partial charge on any atom is 0.0586 e. The van der Waals surface area contributed by atoms with Gasteiger partial charge in [-0.05, 0) is 18.9 Å². The number of ether oxygens (including phenoxy) is 1. The average molecular weight is 211 g/mol. The Hall–Kier alpha value is -0.530. The lowest BCUT2D eigenvalue weighted by atomic mass is 9.76. The van der Waals surface area contributed by atoms with Crippen LogP contribution in [0.15, 0.2) is 24.3 Å². The first kappa shape index (κ1) is 10.0. The summed E-state index contributed by atoms with van der Waals surface area (Å²) in [7, 11) is 0. The lowest BCUT2D eigenvalue weighted by Crippen LogP contribution is -2.47. The van der Waals surface area contributed by atoms with Crippen LogP contribution in [0.1, 0.15) is 17.5 Å². The quantitative estimate of drug-likeness (QED) is 0.698. The molecular formula is C12H15ClO. The van der Waals surface area contributed by atoms with Gasteiger partial charge in [0.1, 0.15) is 0 Å². The Morgan fingerprint density at radius 3 is 2.36 bits per heavy atom. The van der Waals surface area contributed by atoms with E-state index in [9.17, 15) is 0 Å². The summed E-state index contributed by atoms with van der Waals surface area (Å²) in [6, 6.07) is 8.71. The lowest BCUT2D eigenvalue weighted by molar-refractivity contribution is -0.0615.